The predicted molar refractivity (Wildman–Crippen MR) is 50.2 cm³/mol. The number of alkyl halides is 3. The Morgan fingerprint density at radius 2 is 1.80 bits per heavy atom. The Bertz CT molecular complexity index is 315. The fourth-order valence-electron chi connectivity index (χ4n) is 1.03. The van der Waals surface area contributed by atoms with E-state index >= 15 is 0 Å². The summed E-state index contributed by atoms with van der Waals surface area (Å²) in [6, 6.07) is 0. The Kier molecular flexibility index (Phi) is 4.04. The van der Waals surface area contributed by atoms with E-state index in [1.54, 1.807) is 0 Å². The number of allylic oxidation sites excluding steroid dienone is 2. The second-order valence-electron chi connectivity index (χ2n) is 2.83. The van der Waals surface area contributed by atoms with Crippen molar-refractivity contribution in [2.75, 3.05) is 0 Å². The first-order valence-electron chi connectivity index (χ1n) is 3.97. The van der Waals surface area contributed by atoms with Gasteiger partial charge in [-0.1, -0.05) is 31.4 Å². The van der Waals surface area contributed by atoms with Crippen LogP contribution in [0.5, 0.6) is 0 Å². The van der Waals surface area contributed by atoms with Crippen molar-refractivity contribution in [3.63, 3.8) is 0 Å². The van der Waals surface area contributed by atoms with Crippen molar-refractivity contribution in [3.8, 4) is 0 Å². The standard InChI is InChI=1S/C10H11F3O2/c1-4-6-8(5-2)9(15,7(3)14)10(11,12)13/h4-6,15H,1-2H2,3H3/b8-6+. The summed E-state index contributed by atoms with van der Waals surface area (Å²) in [6.07, 6.45) is -2.38. The summed E-state index contributed by atoms with van der Waals surface area (Å²) < 4.78 is 37.6. The largest absolute Gasteiger partial charge is 0.428 e. The monoisotopic (exact) mass is 220 g/mol. The molecule has 1 atom stereocenters. The molecule has 2 nitrogen and oxygen atoms in total. The van der Waals surface area contributed by atoms with Crippen LogP contribution in [0.2, 0.25) is 0 Å². The van der Waals surface area contributed by atoms with Crippen LogP contribution in [-0.4, -0.2) is 22.7 Å². The van der Waals surface area contributed by atoms with Gasteiger partial charge in [0.05, 0.1) is 0 Å². The van der Waals surface area contributed by atoms with Crippen LogP contribution in [0.15, 0.2) is 37.0 Å². The van der Waals surface area contributed by atoms with Gasteiger partial charge in [0, 0.05) is 0 Å². The molecule has 0 saturated carbocycles. The molecule has 0 aliphatic heterocycles. The molecule has 0 aliphatic carbocycles. The smallest absolute Gasteiger partial charge is 0.370 e. The number of Topliss-reactive ketones (excluding diaryl/α,β-unsaturated/α-hetero) is 1. The van der Waals surface area contributed by atoms with Gasteiger partial charge in [0.25, 0.3) is 0 Å². The zero-order valence-corrected chi connectivity index (χ0v) is 8.14. The normalized spacial score (nSPS) is 16.7. The van der Waals surface area contributed by atoms with Gasteiger partial charge in [-0.2, -0.15) is 13.2 Å². The Morgan fingerprint density at radius 3 is 2.00 bits per heavy atom. The molecule has 0 aromatic rings. The molecule has 0 radical (unpaired) electrons. The minimum absolute atomic E-state index is 0.641. The van der Waals surface area contributed by atoms with E-state index in [1.807, 2.05) is 0 Å². The number of hydrogen-bond acceptors (Lipinski definition) is 2. The zero-order valence-electron chi connectivity index (χ0n) is 8.14. The van der Waals surface area contributed by atoms with Crippen molar-refractivity contribution in [2.24, 2.45) is 0 Å². The molecule has 84 valence electrons. The molecule has 1 N–H and O–H groups in total. The van der Waals surface area contributed by atoms with Crippen LogP contribution in [-0.2, 0) is 4.79 Å². The van der Waals surface area contributed by atoms with Crippen LogP contribution in [0.4, 0.5) is 13.2 Å². The highest BCUT2D eigenvalue weighted by atomic mass is 19.4. The summed E-state index contributed by atoms with van der Waals surface area (Å²) >= 11 is 0. The molecule has 5 heteroatoms. The number of carbonyl (C=O) groups is 1. The number of ketones is 1. The van der Waals surface area contributed by atoms with Crippen molar-refractivity contribution in [3.05, 3.63) is 37.0 Å². The molecular weight excluding hydrogens is 209 g/mol. The SMILES string of the molecule is C=C/C=C(\C=C)C(O)(C(C)=O)C(F)(F)F. The first-order valence-corrected chi connectivity index (χ1v) is 3.97. The topological polar surface area (TPSA) is 37.3 Å². The summed E-state index contributed by atoms with van der Waals surface area (Å²) in [5.41, 5.74) is -4.15. The molecule has 0 heterocycles. The molecule has 0 saturated heterocycles. The predicted octanol–water partition coefficient (Wildman–Crippen LogP) is 2.17. The van der Waals surface area contributed by atoms with Gasteiger partial charge < -0.3 is 5.11 Å². The quantitative estimate of drug-likeness (QED) is 0.737. The van der Waals surface area contributed by atoms with E-state index in [9.17, 15) is 23.1 Å². The molecule has 0 fully saturated rings. The number of rotatable bonds is 4. The van der Waals surface area contributed by atoms with Crippen molar-refractivity contribution >= 4 is 5.78 Å². The van der Waals surface area contributed by atoms with Gasteiger partial charge in [-0.25, -0.2) is 0 Å². The second-order valence-corrected chi connectivity index (χ2v) is 2.83. The van der Waals surface area contributed by atoms with Crippen molar-refractivity contribution < 1.29 is 23.1 Å². The minimum Gasteiger partial charge on any atom is -0.370 e. The van der Waals surface area contributed by atoms with Crippen LogP contribution in [0.25, 0.3) is 0 Å². The summed E-state index contributed by atoms with van der Waals surface area (Å²) in [4.78, 5) is 10.9. The number of carbonyl (C=O) groups excluding carboxylic acids is 1. The van der Waals surface area contributed by atoms with E-state index in [4.69, 9.17) is 0 Å². The van der Waals surface area contributed by atoms with Crippen LogP contribution in [0, 0.1) is 0 Å². The van der Waals surface area contributed by atoms with Gasteiger partial charge in [0.1, 0.15) is 0 Å². The van der Waals surface area contributed by atoms with Crippen LogP contribution in [0.3, 0.4) is 0 Å². The Morgan fingerprint density at radius 1 is 1.33 bits per heavy atom. The fourth-order valence-corrected chi connectivity index (χ4v) is 1.03. The molecule has 0 aromatic carbocycles. The lowest BCUT2D eigenvalue weighted by molar-refractivity contribution is -0.234. The lowest BCUT2D eigenvalue weighted by Gasteiger charge is -2.28. The highest BCUT2D eigenvalue weighted by Crippen LogP contribution is 2.37. The first kappa shape index (κ1) is 13.6. The third-order valence-corrected chi connectivity index (χ3v) is 1.85. The van der Waals surface area contributed by atoms with Crippen LogP contribution in [0.1, 0.15) is 6.92 Å². The summed E-state index contributed by atoms with van der Waals surface area (Å²) in [5, 5.41) is 9.35. The summed E-state index contributed by atoms with van der Waals surface area (Å²) in [7, 11) is 0. The average molecular weight is 220 g/mol. The van der Waals surface area contributed by atoms with Gasteiger partial charge in [0.15, 0.2) is 5.78 Å². The van der Waals surface area contributed by atoms with E-state index in [1.165, 1.54) is 0 Å². The Labute approximate surface area is 85.4 Å². The highest BCUT2D eigenvalue weighted by Gasteiger charge is 2.59. The summed E-state index contributed by atoms with van der Waals surface area (Å²) in [5.74, 6) is -1.41. The third-order valence-electron chi connectivity index (χ3n) is 1.85. The van der Waals surface area contributed by atoms with E-state index in [0.29, 0.717) is 6.92 Å². The average Bonchev–Trinajstić information content (AvgIpc) is 2.10. The lowest BCUT2D eigenvalue weighted by Crippen LogP contribution is -2.52. The van der Waals surface area contributed by atoms with Crippen molar-refractivity contribution in [1.82, 2.24) is 0 Å². The zero-order chi connectivity index (χ0) is 12.3. The van der Waals surface area contributed by atoms with Gasteiger partial charge in [-0.3, -0.25) is 4.79 Å². The number of aliphatic hydroxyl groups is 1. The van der Waals surface area contributed by atoms with Gasteiger partial charge in [-0.15, -0.1) is 0 Å². The molecule has 0 rings (SSSR count). The maximum absolute atomic E-state index is 12.5. The van der Waals surface area contributed by atoms with Crippen LogP contribution < -0.4 is 0 Å². The number of halogens is 3. The van der Waals surface area contributed by atoms with E-state index in [2.05, 4.69) is 13.2 Å². The minimum atomic E-state index is -5.08. The first-order chi connectivity index (χ1) is 6.71. The van der Waals surface area contributed by atoms with Gasteiger partial charge >= 0.3 is 6.18 Å². The molecule has 0 spiro atoms. The van der Waals surface area contributed by atoms with Crippen LogP contribution >= 0.6 is 0 Å². The van der Waals surface area contributed by atoms with Crippen molar-refractivity contribution in [1.29, 1.82) is 0 Å². The highest BCUT2D eigenvalue weighted by molar-refractivity contribution is 5.90. The molecule has 0 aromatic heterocycles. The van der Waals surface area contributed by atoms with E-state index in [-0.39, 0.29) is 0 Å². The molecule has 0 aliphatic rings. The van der Waals surface area contributed by atoms with E-state index < -0.39 is 23.1 Å². The van der Waals surface area contributed by atoms with Gasteiger partial charge in [0.2, 0.25) is 5.60 Å². The maximum atomic E-state index is 12.5. The Hall–Kier alpha value is -1.36. The Balaban J connectivity index is 5.69. The van der Waals surface area contributed by atoms with E-state index in [0.717, 1.165) is 18.2 Å². The molecule has 0 amide bonds. The van der Waals surface area contributed by atoms with Crippen molar-refractivity contribution in [2.45, 2.75) is 18.7 Å². The molecule has 1 unspecified atom stereocenters. The number of hydrogen-bond donors (Lipinski definition) is 1. The fraction of sp³-hybridized carbons (Fsp3) is 0.300. The summed E-state index contributed by atoms with van der Waals surface area (Å²) in [6.45, 7) is 6.96. The third kappa shape index (κ3) is 2.36. The molecule has 0 bridgehead atoms. The second kappa shape index (κ2) is 4.44. The molecular formula is C10H11F3O2. The maximum Gasteiger partial charge on any atom is 0.428 e. The van der Waals surface area contributed by atoms with Gasteiger partial charge in [-0.05, 0) is 12.5 Å². The lowest BCUT2D eigenvalue weighted by atomic mass is 9.88. The molecule has 15 heavy (non-hydrogen) atoms.